The Hall–Kier alpha value is -1.84. The Bertz CT molecular complexity index is 597. The molecule has 0 aromatic heterocycles. The summed E-state index contributed by atoms with van der Waals surface area (Å²) in [5.74, 6) is -0.400. The molecule has 4 heteroatoms. The maximum Gasteiger partial charge on any atom is 0.416 e. The molecule has 21 heavy (non-hydrogen) atoms. The van der Waals surface area contributed by atoms with Crippen LogP contribution in [0.5, 0.6) is 0 Å². The van der Waals surface area contributed by atoms with E-state index < -0.39 is 17.6 Å². The quantitative estimate of drug-likeness (QED) is 0.620. The predicted molar refractivity (Wildman–Crippen MR) is 75.5 cm³/mol. The molecule has 0 atom stereocenters. The van der Waals surface area contributed by atoms with Crippen LogP contribution < -0.4 is 0 Å². The third-order valence-corrected chi connectivity index (χ3v) is 3.38. The van der Waals surface area contributed by atoms with E-state index in [-0.39, 0.29) is 0 Å². The summed E-state index contributed by atoms with van der Waals surface area (Å²) in [6, 6.07) is 9.46. The van der Waals surface area contributed by atoms with Crippen molar-refractivity contribution in [3.63, 3.8) is 0 Å². The number of rotatable bonds is 4. The number of unbranched alkanes of at least 4 members (excludes halogenated alkanes) is 1. The Morgan fingerprint density at radius 3 is 2.14 bits per heavy atom. The average molecular weight is 296 g/mol. The Balaban J connectivity index is 2.26. The van der Waals surface area contributed by atoms with Gasteiger partial charge in [0.2, 0.25) is 0 Å². The van der Waals surface area contributed by atoms with Crippen molar-refractivity contribution in [1.82, 2.24) is 0 Å². The Morgan fingerprint density at radius 2 is 1.62 bits per heavy atom. The Labute approximate surface area is 121 Å². The summed E-state index contributed by atoms with van der Waals surface area (Å²) < 4.78 is 51.6. The van der Waals surface area contributed by atoms with Crippen molar-refractivity contribution in [1.29, 1.82) is 0 Å². The SMILES string of the molecule is CCCCc1ccc(-c2ccc(C(F)(F)F)cc2)c(F)c1. The summed E-state index contributed by atoms with van der Waals surface area (Å²) in [5, 5.41) is 0. The molecule has 0 radical (unpaired) electrons. The van der Waals surface area contributed by atoms with Crippen molar-refractivity contribution in [2.24, 2.45) is 0 Å². The molecule has 0 saturated carbocycles. The molecule has 0 aliphatic carbocycles. The normalized spacial score (nSPS) is 11.7. The standard InChI is InChI=1S/C17H16F4/c1-2-3-4-12-5-10-15(16(18)11-12)13-6-8-14(9-7-13)17(19,20)21/h5-11H,2-4H2,1H3. The van der Waals surface area contributed by atoms with Gasteiger partial charge in [-0.25, -0.2) is 4.39 Å². The van der Waals surface area contributed by atoms with E-state index in [1.165, 1.54) is 18.2 Å². The third kappa shape index (κ3) is 3.84. The Morgan fingerprint density at radius 1 is 0.952 bits per heavy atom. The van der Waals surface area contributed by atoms with Crippen molar-refractivity contribution in [2.45, 2.75) is 32.4 Å². The van der Waals surface area contributed by atoms with Gasteiger partial charge in [0.05, 0.1) is 5.56 Å². The molecule has 0 bridgehead atoms. The van der Waals surface area contributed by atoms with Crippen molar-refractivity contribution >= 4 is 0 Å². The minimum atomic E-state index is -4.37. The van der Waals surface area contributed by atoms with Gasteiger partial charge in [0, 0.05) is 5.56 Å². The van der Waals surface area contributed by atoms with Gasteiger partial charge < -0.3 is 0 Å². The summed E-state index contributed by atoms with van der Waals surface area (Å²) in [5.41, 5.74) is 0.947. The van der Waals surface area contributed by atoms with Crippen LogP contribution in [-0.4, -0.2) is 0 Å². The van der Waals surface area contributed by atoms with E-state index in [2.05, 4.69) is 6.92 Å². The lowest BCUT2D eigenvalue weighted by Crippen LogP contribution is -2.04. The summed E-state index contributed by atoms with van der Waals surface area (Å²) in [4.78, 5) is 0. The monoisotopic (exact) mass is 296 g/mol. The summed E-state index contributed by atoms with van der Waals surface area (Å²) >= 11 is 0. The lowest BCUT2D eigenvalue weighted by Gasteiger charge is -2.09. The van der Waals surface area contributed by atoms with Crippen LogP contribution in [0.25, 0.3) is 11.1 Å². The summed E-state index contributed by atoms with van der Waals surface area (Å²) in [7, 11) is 0. The van der Waals surface area contributed by atoms with Gasteiger partial charge in [-0.3, -0.25) is 0 Å². The smallest absolute Gasteiger partial charge is 0.206 e. The number of aryl methyl sites for hydroxylation is 1. The van der Waals surface area contributed by atoms with Gasteiger partial charge in [0.1, 0.15) is 5.82 Å². The molecular weight excluding hydrogens is 280 g/mol. The molecule has 0 N–H and O–H groups in total. The topological polar surface area (TPSA) is 0 Å². The molecule has 0 nitrogen and oxygen atoms in total. The number of benzene rings is 2. The molecule has 0 amide bonds. The fraction of sp³-hybridized carbons (Fsp3) is 0.294. The molecule has 112 valence electrons. The van der Waals surface area contributed by atoms with E-state index in [0.29, 0.717) is 11.1 Å². The largest absolute Gasteiger partial charge is 0.416 e. The zero-order chi connectivity index (χ0) is 15.5. The molecule has 0 aliphatic heterocycles. The Kier molecular flexibility index (Phi) is 4.66. The average Bonchev–Trinajstić information content (AvgIpc) is 2.44. The van der Waals surface area contributed by atoms with Gasteiger partial charge in [-0.2, -0.15) is 13.2 Å². The van der Waals surface area contributed by atoms with Crippen LogP contribution >= 0.6 is 0 Å². The van der Waals surface area contributed by atoms with E-state index in [1.54, 1.807) is 6.07 Å². The third-order valence-electron chi connectivity index (χ3n) is 3.38. The van der Waals surface area contributed by atoms with Crippen LogP contribution in [-0.2, 0) is 12.6 Å². The van der Waals surface area contributed by atoms with Gasteiger partial charge in [-0.15, -0.1) is 0 Å². The maximum absolute atomic E-state index is 14.1. The molecule has 0 unspecified atom stereocenters. The second-order valence-electron chi connectivity index (χ2n) is 4.99. The molecule has 0 aliphatic rings. The predicted octanol–water partition coefficient (Wildman–Crippen LogP) is 5.85. The molecular formula is C17H16F4. The van der Waals surface area contributed by atoms with E-state index in [0.717, 1.165) is 37.0 Å². The summed E-state index contributed by atoms with van der Waals surface area (Å²) in [6.07, 6.45) is -1.55. The highest BCUT2D eigenvalue weighted by molar-refractivity contribution is 5.64. The minimum absolute atomic E-state index is 0.323. The van der Waals surface area contributed by atoms with E-state index in [1.807, 2.05) is 6.07 Å². The van der Waals surface area contributed by atoms with Crippen molar-refractivity contribution in [3.8, 4) is 11.1 Å². The van der Waals surface area contributed by atoms with Crippen LogP contribution in [0.2, 0.25) is 0 Å². The summed E-state index contributed by atoms with van der Waals surface area (Å²) in [6.45, 7) is 2.06. The highest BCUT2D eigenvalue weighted by Gasteiger charge is 2.30. The van der Waals surface area contributed by atoms with Crippen LogP contribution in [0.3, 0.4) is 0 Å². The number of hydrogen-bond donors (Lipinski definition) is 0. The number of alkyl halides is 3. The lowest BCUT2D eigenvalue weighted by molar-refractivity contribution is -0.137. The zero-order valence-electron chi connectivity index (χ0n) is 11.7. The first kappa shape index (κ1) is 15.5. The van der Waals surface area contributed by atoms with Crippen LogP contribution in [0.4, 0.5) is 17.6 Å². The van der Waals surface area contributed by atoms with Gasteiger partial charge in [0.15, 0.2) is 0 Å². The highest BCUT2D eigenvalue weighted by Crippen LogP contribution is 2.31. The first-order valence-corrected chi connectivity index (χ1v) is 6.88. The molecule has 0 saturated heterocycles. The number of hydrogen-bond acceptors (Lipinski definition) is 0. The fourth-order valence-electron chi connectivity index (χ4n) is 2.17. The van der Waals surface area contributed by atoms with E-state index >= 15 is 0 Å². The van der Waals surface area contributed by atoms with Crippen LogP contribution in [0, 0.1) is 5.82 Å². The molecule has 0 fully saturated rings. The van der Waals surface area contributed by atoms with Crippen LogP contribution in [0.15, 0.2) is 42.5 Å². The van der Waals surface area contributed by atoms with Crippen LogP contribution in [0.1, 0.15) is 30.9 Å². The maximum atomic E-state index is 14.1. The van der Waals surface area contributed by atoms with E-state index in [9.17, 15) is 17.6 Å². The second kappa shape index (κ2) is 6.29. The fourth-order valence-corrected chi connectivity index (χ4v) is 2.17. The first-order chi connectivity index (χ1) is 9.91. The molecule has 0 spiro atoms. The van der Waals surface area contributed by atoms with E-state index in [4.69, 9.17) is 0 Å². The highest BCUT2D eigenvalue weighted by atomic mass is 19.4. The molecule has 2 rings (SSSR count). The molecule has 2 aromatic rings. The van der Waals surface area contributed by atoms with Gasteiger partial charge >= 0.3 is 6.18 Å². The lowest BCUT2D eigenvalue weighted by atomic mass is 10.00. The molecule has 0 heterocycles. The zero-order valence-corrected chi connectivity index (χ0v) is 11.7. The molecule has 2 aromatic carbocycles. The van der Waals surface area contributed by atoms with Gasteiger partial charge in [0.25, 0.3) is 0 Å². The van der Waals surface area contributed by atoms with Gasteiger partial charge in [-0.1, -0.05) is 37.6 Å². The second-order valence-corrected chi connectivity index (χ2v) is 4.99. The van der Waals surface area contributed by atoms with Crippen molar-refractivity contribution < 1.29 is 17.6 Å². The minimum Gasteiger partial charge on any atom is -0.206 e. The van der Waals surface area contributed by atoms with Crippen molar-refractivity contribution in [2.75, 3.05) is 0 Å². The van der Waals surface area contributed by atoms with Gasteiger partial charge in [-0.05, 0) is 42.2 Å². The van der Waals surface area contributed by atoms with Crippen molar-refractivity contribution in [3.05, 3.63) is 59.4 Å². The first-order valence-electron chi connectivity index (χ1n) is 6.88. The number of halogens is 4.